The minimum atomic E-state index is 0. The van der Waals surface area contributed by atoms with Crippen LogP contribution in [0.5, 0.6) is 0 Å². The summed E-state index contributed by atoms with van der Waals surface area (Å²) in [6.07, 6.45) is 1.75. The van der Waals surface area contributed by atoms with Gasteiger partial charge in [0.25, 0.3) is 0 Å². The largest absolute Gasteiger partial charge is 0.249 e. The van der Waals surface area contributed by atoms with Crippen molar-refractivity contribution in [1.82, 2.24) is 4.98 Å². The van der Waals surface area contributed by atoms with Gasteiger partial charge >= 0.3 is 0 Å². The number of aromatic nitrogens is 1. The van der Waals surface area contributed by atoms with Gasteiger partial charge in [0.05, 0.1) is 0 Å². The molecule has 0 aliphatic carbocycles. The fraction of sp³-hybridized carbons (Fsp3) is 0. The van der Waals surface area contributed by atoms with Crippen molar-refractivity contribution < 1.29 is 27.7 Å². The number of hydrogen-bond donors (Lipinski definition) is 1. The minimum Gasteiger partial charge on any atom is -0.249 e. The van der Waals surface area contributed by atoms with E-state index in [1.54, 1.807) is 6.20 Å². The Morgan fingerprint density at radius 1 is 1.44 bits per heavy atom. The zero-order valence-electron chi connectivity index (χ0n) is 4.82. The molecule has 0 saturated carbocycles. The SMILES string of the molecule is SSc1ccccn1.[Hg]. The molecular weight excluding hydrogens is 339 g/mol. The molecule has 0 unspecified atom stereocenters. The summed E-state index contributed by atoms with van der Waals surface area (Å²) in [5.74, 6) is 0. The molecule has 4 heteroatoms. The molecule has 0 bridgehead atoms. The number of nitrogens with zero attached hydrogens (tertiary/aromatic N) is 1. The van der Waals surface area contributed by atoms with Crippen LogP contribution in [-0.2, 0) is 27.7 Å². The Bertz CT molecular complexity index is 156. The average Bonchev–Trinajstić information content (AvgIpc) is 1.90. The topological polar surface area (TPSA) is 12.9 Å². The molecule has 0 atom stereocenters. The van der Waals surface area contributed by atoms with Crippen molar-refractivity contribution in [1.29, 1.82) is 0 Å². The van der Waals surface area contributed by atoms with Crippen LogP contribution < -0.4 is 0 Å². The molecule has 44 valence electrons. The maximum Gasteiger partial charge on any atom is 0.106 e. The van der Waals surface area contributed by atoms with Crippen LogP contribution in [0.3, 0.4) is 0 Å². The first-order valence-electron chi connectivity index (χ1n) is 2.16. The number of pyridine rings is 1. The summed E-state index contributed by atoms with van der Waals surface area (Å²) < 4.78 is 0. The minimum absolute atomic E-state index is 0. The second-order valence-corrected chi connectivity index (χ2v) is 2.41. The molecule has 1 rings (SSSR count). The quantitative estimate of drug-likeness (QED) is 0.476. The van der Waals surface area contributed by atoms with Gasteiger partial charge in [-0.15, -0.1) is 11.7 Å². The van der Waals surface area contributed by atoms with Crippen LogP contribution in [0.1, 0.15) is 0 Å². The second-order valence-electron chi connectivity index (χ2n) is 1.26. The first kappa shape index (κ1) is 9.79. The van der Waals surface area contributed by atoms with Crippen molar-refractivity contribution in [3.05, 3.63) is 24.4 Å². The van der Waals surface area contributed by atoms with Crippen LogP contribution in [0, 0.1) is 0 Å². The summed E-state index contributed by atoms with van der Waals surface area (Å²) in [6.45, 7) is 0. The summed E-state index contributed by atoms with van der Waals surface area (Å²) >= 11 is 3.96. The Hall–Kier alpha value is 0.785. The Balaban J connectivity index is 0.000000640. The molecule has 0 radical (unpaired) electrons. The third-order valence-electron chi connectivity index (χ3n) is 0.731. The molecule has 0 fully saturated rings. The Morgan fingerprint density at radius 3 is 2.56 bits per heavy atom. The summed E-state index contributed by atoms with van der Waals surface area (Å²) in [5.41, 5.74) is 0. The third-order valence-corrected chi connectivity index (χ3v) is 1.72. The molecule has 0 saturated heterocycles. The molecule has 0 aliphatic rings. The standard InChI is InChI=1S/C5H5NS2.Hg/c7-8-5-3-1-2-4-6-5;/h1-4,7H;. The van der Waals surface area contributed by atoms with E-state index in [1.165, 1.54) is 10.8 Å². The molecule has 1 heterocycles. The summed E-state index contributed by atoms with van der Waals surface area (Å²) in [5, 5.41) is 0.941. The van der Waals surface area contributed by atoms with Gasteiger partial charge in [-0.2, -0.15) is 0 Å². The van der Waals surface area contributed by atoms with E-state index in [9.17, 15) is 0 Å². The zero-order valence-corrected chi connectivity index (χ0v) is 12.0. The van der Waals surface area contributed by atoms with E-state index in [2.05, 4.69) is 16.6 Å². The van der Waals surface area contributed by atoms with Gasteiger partial charge in [0.2, 0.25) is 0 Å². The maximum atomic E-state index is 3.98. The number of rotatable bonds is 1. The van der Waals surface area contributed by atoms with Crippen molar-refractivity contribution in [3.8, 4) is 0 Å². The second kappa shape index (κ2) is 5.56. The predicted octanol–water partition coefficient (Wildman–Crippen LogP) is 2.02. The third kappa shape index (κ3) is 3.48. The van der Waals surface area contributed by atoms with Gasteiger partial charge in [0, 0.05) is 33.9 Å². The summed E-state index contributed by atoms with van der Waals surface area (Å²) in [6, 6.07) is 5.73. The molecule has 1 aromatic rings. The van der Waals surface area contributed by atoms with Gasteiger partial charge in [-0.1, -0.05) is 6.07 Å². The van der Waals surface area contributed by atoms with E-state index in [-0.39, 0.29) is 27.7 Å². The fourth-order valence-corrected chi connectivity index (χ4v) is 0.973. The van der Waals surface area contributed by atoms with E-state index in [1.807, 2.05) is 18.2 Å². The maximum absolute atomic E-state index is 3.98. The molecule has 1 aromatic heterocycles. The fourth-order valence-electron chi connectivity index (χ4n) is 0.401. The Kier molecular flexibility index (Phi) is 6.05. The van der Waals surface area contributed by atoms with Crippen LogP contribution in [0.4, 0.5) is 0 Å². The smallest absolute Gasteiger partial charge is 0.106 e. The van der Waals surface area contributed by atoms with E-state index in [0.717, 1.165) is 5.03 Å². The number of hydrogen-bond acceptors (Lipinski definition) is 3. The summed E-state index contributed by atoms with van der Waals surface area (Å²) in [7, 11) is 1.35. The van der Waals surface area contributed by atoms with Gasteiger partial charge in [-0.3, -0.25) is 0 Å². The van der Waals surface area contributed by atoms with E-state index >= 15 is 0 Å². The van der Waals surface area contributed by atoms with Crippen molar-refractivity contribution in [2.45, 2.75) is 5.03 Å². The van der Waals surface area contributed by atoms with Crippen molar-refractivity contribution in [2.24, 2.45) is 0 Å². The summed E-state index contributed by atoms with van der Waals surface area (Å²) in [4.78, 5) is 3.98. The zero-order chi connectivity index (χ0) is 5.82. The van der Waals surface area contributed by atoms with Gasteiger partial charge in [0.1, 0.15) is 5.03 Å². The Morgan fingerprint density at radius 2 is 2.22 bits per heavy atom. The van der Waals surface area contributed by atoms with Crippen molar-refractivity contribution in [2.75, 3.05) is 0 Å². The molecule has 0 spiro atoms. The van der Waals surface area contributed by atoms with Crippen LogP contribution in [-0.4, -0.2) is 4.98 Å². The first-order valence-corrected chi connectivity index (χ1v) is 4.03. The van der Waals surface area contributed by atoms with E-state index in [4.69, 9.17) is 0 Å². The van der Waals surface area contributed by atoms with Crippen LogP contribution in [0.15, 0.2) is 29.4 Å². The van der Waals surface area contributed by atoms with Crippen molar-refractivity contribution >= 4 is 22.5 Å². The first-order chi connectivity index (χ1) is 3.93. The van der Waals surface area contributed by atoms with Gasteiger partial charge in [-0.25, -0.2) is 4.98 Å². The van der Waals surface area contributed by atoms with E-state index < -0.39 is 0 Å². The van der Waals surface area contributed by atoms with Gasteiger partial charge < -0.3 is 0 Å². The molecule has 9 heavy (non-hydrogen) atoms. The van der Waals surface area contributed by atoms with Crippen molar-refractivity contribution in [3.63, 3.8) is 0 Å². The molecule has 0 aromatic carbocycles. The van der Waals surface area contributed by atoms with Crippen LogP contribution in [0.2, 0.25) is 0 Å². The molecule has 0 amide bonds. The molecular formula is C5H5HgNS2. The molecule has 0 aliphatic heterocycles. The predicted molar refractivity (Wildman–Crippen MR) is 39.1 cm³/mol. The van der Waals surface area contributed by atoms with Crippen LogP contribution >= 0.6 is 22.5 Å². The average molecular weight is 344 g/mol. The van der Waals surface area contributed by atoms with Crippen LogP contribution in [0.25, 0.3) is 0 Å². The number of thiol groups is 1. The van der Waals surface area contributed by atoms with E-state index in [0.29, 0.717) is 0 Å². The molecule has 0 N–H and O–H groups in total. The molecule has 1 nitrogen and oxygen atoms in total. The normalized spacial score (nSPS) is 8.11. The van der Waals surface area contributed by atoms with Gasteiger partial charge in [-0.05, 0) is 22.9 Å². The monoisotopic (exact) mass is 345 g/mol. The Labute approximate surface area is 84.0 Å². The van der Waals surface area contributed by atoms with Gasteiger partial charge in [0.15, 0.2) is 0 Å².